The van der Waals surface area contributed by atoms with Crippen molar-refractivity contribution < 1.29 is 8.42 Å². The minimum atomic E-state index is -2.72. The number of nitrogens with one attached hydrogen (secondary N) is 1. The summed E-state index contributed by atoms with van der Waals surface area (Å²) in [4.78, 5) is 0. The number of hydrogen-bond donors (Lipinski definition) is 1. The largest absolute Gasteiger partial charge is 0.314 e. The first-order valence-electron chi connectivity index (χ1n) is 6.90. The maximum Gasteiger partial charge on any atom is 0.150 e. The van der Waals surface area contributed by atoms with Gasteiger partial charge in [-0.15, -0.1) is 0 Å². The molecule has 1 N–H and O–H groups in total. The first-order chi connectivity index (χ1) is 7.96. The van der Waals surface area contributed by atoms with Crippen LogP contribution in [0.3, 0.4) is 0 Å². The lowest BCUT2D eigenvalue weighted by Crippen LogP contribution is -2.33. The van der Waals surface area contributed by atoms with Gasteiger partial charge in [-0.25, -0.2) is 8.42 Å². The van der Waals surface area contributed by atoms with Gasteiger partial charge in [0.2, 0.25) is 0 Å². The van der Waals surface area contributed by atoms with Crippen LogP contribution in [0.1, 0.15) is 46.5 Å². The number of sulfone groups is 1. The van der Waals surface area contributed by atoms with Gasteiger partial charge in [0.15, 0.2) is 9.84 Å². The predicted octanol–water partition coefficient (Wildman–Crippen LogP) is 2.23. The predicted molar refractivity (Wildman–Crippen MR) is 72.9 cm³/mol. The molecule has 1 fully saturated rings. The minimum absolute atomic E-state index is 0.383. The van der Waals surface area contributed by atoms with Gasteiger partial charge in [0, 0.05) is 6.04 Å². The molecule has 3 nitrogen and oxygen atoms in total. The lowest BCUT2D eigenvalue weighted by molar-refractivity contribution is 0.342. The van der Waals surface area contributed by atoms with E-state index in [1.165, 1.54) is 12.8 Å². The number of hydrogen-bond acceptors (Lipinski definition) is 3. The summed E-state index contributed by atoms with van der Waals surface area (Å²) in [6.07, 6.45) is 4.26. The number of rotatable bonds is 7. The second kappa shape index (κ2) is 6.74. The van der Waals surface area contributed by atoms with Crippen molar-refractivity contribution in [1.29, 1.82) is 0 Å². The molecule has 0 aromatic rings. The zero-order valence-corrected chi connectivity index (χ0v) is 12.2. The van der Waals surface area contributed by atoms with Crippen LogP contribution in [-0.4, -0.2) is 32.5 Å². The summed E-state index contributed by atoms with van der Waals surface area (Å²) in [7, 11) is -2.72. The highest BCUT2D eigenvalue weighted by Crippen LogP contribution is 2.25. The van der Waals surface area contributed by atoms with Crippen LogP contribution in [0.25, 0.3) is 0 Å². The molecule has 1 aliphatic heterocycles. The fourth-order valence-corrected chi connectivity index (χ4v) is 4.54. The van der Waals surface area contributed by atoms with Crippen molar-refractivity contribution in [2.75, 3.05) is 18.1 Å². The molecule has 1 aliphatic rings. The van der Waals surface area contributed by atoms with Gasteiger partial charge >= 0.3 is 0 Å². The van der Waals surface area contributed by atoms with Crippen molar-refractivity contribution >= 4 is 9.84 Å². The van der Waals surface area contributed by atoms with E-state index in [9.17, 15) is 8.42 Å². The maximum absolute atomic E-state index is 11.4. The Morgan fingerprint density at radius 2 is 2.06 bits per heavy atom. The van der Waals surface area contributed by atoms with Gasteiger partial charge in [0.25, 0.3) is 0 Å². The highest BCUT2D eigenvalue weighted by Gasteiger charge is 2.29. The highest BCUT2D eigenvalue weighted by atomic mass is 32.2. The van der Waals surface area contributed by atoms with Gasteiger partial charge in [-0.1, -0.05) is 27.2 Å². The van der Waals surface area contributed by atoms with E-state index in [0.29, 0.717) is 23.5 Å². The quantitative estimate of drug-likeness (QED) is 0.764. The summed E-state index contributed by atoms with van der Waals surface area (Å²) in [6, 6.07) is 0.494. The summed E-state index contributed by atoms with van der Waals surface area (Å²) in [6.45, 7) is 7.58. The Hall–Kier alpha value is -0.0900. The molecule has 0 radical (unpaired) electrons. The van der Waals surface area contributed by atoms with Crippen LogP contribution in [0.15, 0.2) is 0 Å². The lowest BCUT2D eigenvalue weighted by Gasteiger charge is -2.23. The zero-order valence-electron chi connectivity index (χ0n) is 11.4. The molecule has 3 atom stereocenters. The molecule has 0 saturated carbocycles. The van der Waals surface area contributed by atoms with E-state index >= 15 is 0 Å². The van der Waals surface area contributed by atoms with Gasteiger partial charge in [-0.3, -0.25) is 0 Å². The Kier molecular flexibility index (Phi) is 5.93. The zero-order chi connectivity index (χ0) is 12.9. The SMILES string of the molecule is CCNC(CC(C)CC)CC1CCS(=O)(=O)C1. The van der Waals surface area contributed by atoms with Crippen molar-refractivity contribution in [3.8, 4) is 0 Å². The molecule has 0 bridgehead atoms. The Labute approximate surface area is 106 Å². The highest BCUT2D eigenvalue weighted by molar-refractivity contribution is 7.91. The molecule has 102 valence electrons. The van der Waals surface area contributed by atoms with Crippen LogP contribution in [0.2, 0.25) is 0 Å². The van der Waals surface area contributed by atoms with E-state index in [1.54, 1.807) is 0 Å². The molecule has 4 heteroatoms. The standard InChI is InChI=1S/C13H27NO2S/c1-4-11(3)8-13(14-5-2)9-12-6-7-17(15,16)10-12/h11-14H,4-10H2,1-3H3. The molecule has 0 aromatic carbocycles. The monoisotopic (exact) mass is 261 g/mol. The first kappa shape index (κ1) is 15.0. The van der Waals surface area contributed by atoms with Crippen LogP contribution < -0.4 is 5.32 Å². The molecular weight excluding hydrogens is 234 g/mol. The fourth-order valence-electron chi connectivity index (χ4n) is 2.66. The second-order valence-electron chi connectivity index (χ2n) is 5.51. The summed E-state index contributed by atoms with van der Waals surface area (Å²) in [5.74, 6) is 1.92. The average Bonchev–Trinajstić information content (AvgIpc) is 2.58. The van der Waals surface area contributed by atoms with E-state index in [0.717, 1.165) is 25.3 Å². The molecule has 0 aromatic heterocycles. The third-order valence-electron chi connectivity index (χ3n) is 3.82. The molecule has 0 aliphatic carbocycles. The van der Waals surface area contributed by atoms with E-state index in [1.807, 2.05) is 0 Å². The van der Waals surface area contributed by atoms with Crippen LogP contribution in [0.5, 0.6) is 0 Å². The van der Waals surface area contributed by atoms with E-state index in [4.69, 9.17) is 0 Å². The van der Waals surface area contributed by atoms with Crippen molar-refractivity contribution in [2.45, 2.75) is 52.5 Å². The van der Waals surface area contributed by atoms with E-state index in [-0.39, 0.29) is 0 Å². The van der Waals surface area contributed by atoms with Gasteiger partial charge in [0.1, 0.15) is 0 Å². The summed E-state index contributed by atoms with van der Waals surface area (Å²) in [5, 5.41) is 3.51. The van der Waals surface area contributed by atoms with Crippen LogP contribution in [0, 0.1) is 11.8 Å². The fraction of sp³-hybridized carbons (Fsp3) is 1.00. The second-order valence-corrected chi connectivity index (χ2v) is 7.74. The molecule has 1 rings (SSSR count). The van der Waals surface area contributed by atoms with Crippen LogP contribution in [-0.2, 0) is 9.84 Å². The molecule has 3 unspecified atom stereocenters. The topological polar surface area (TPSA) is 46.2 Å². The molecule has 1 heterocycles. The van der Waals surface area contributed by atoms with E-state index < -0.39 is 9.84 Å². The summed E-state index contributed by atoms with van der Waals surface area (Å²) >= 11 is 0. The van der Waals surface area contributed by atoms with Gasteiger partial charge in [-0.2, -0.15) is 0 Å². The smallest absolute Gasteiger partial charge is 0.150 e. The summed E-state index contributed by atoms with van der Waals surface area (Å²) < 4.78 is 22.9. The lowest BCUT2D eigenvalue weighted by atomic mass is 9.91. The average molecular weight is 261 g/mol. The van der Waals surface area contributed by atoms with Gasteiger partial charge < -0.3 is 5.32 Å². The van der Waals surface area contributed by atoms with Crippen molar-refractivity contribution in [1.82, 2.24) is 5.32 Å². The van der Waals surface area contributed by atoms with Gasteiger partial charge in [-0.05, 0) is 37.6 Å². The van der Waals surface area contributed by atoms with Crippen molar-refractivity contribution in [3.05, 3.63) is 0 Å². The normalized spacial score (nSPS) is 26.9. The van der Waals surface area contributed by atoms with Crippen LogP contribution >= 0.6 is 0 Å². The Bertz CT molecular complexity index is 313. The third kappa shape index (κ3) is 5.38. The maximum atomic E-state index is 11.4. The van der Waals surface area contributed by atoms with Crippen molar-refractivity contribution in [3.63, 3.8) is 0 Å². The summed E-state index contributed by atoms with van der Waals surface area (Å²) in [5.41, 5.74) is 0. The first-order valence-corrected chi connectivity index (χ1v) is 8.72. The minimum Gasteiger partial charge on any atom is -0.314 e. The Balaban J connectivity index is 2.44. The molecule has 17 heavy (non-hydrogen) atoms. The van der Waals surface area contributed by atoms with Crippen LogP contribution in [0.4, 0.5) is 0 Å². The Morgan fingerprint density at radius 1 is 1.35 bits per heavy atom. The third-order valence-corrected chi connectivity index (χ3v) is 5.66. The Morgan fingerprint density at radius 3 is 2.53 bits per heavy atom. The van der Waals surface area contributed by atoms with Gasteiger partial charge in [0.05, 0.1) is 11.5 Å². The molecular formula is C13H27NO2S. The molecule has 0 spiro atoms. The van der Waals surface area contributed by atoms with Crippen molar-refractivity contribution in [2.24, 2.45) is 11.8 Å². The van der Waals surface area contributed by atoms with E-state index in [2.05, 4.69) is 26.1 Å². The molecule has 0 amide bonds. The molecule has 1 saturated heterocycles.